The van der Waals surface area contributed by atoms with E-state index < -0.39 is 11.9 Å². The van der Waals surface area contributed by atoms with Gasteiger partial charge in [0.25, 0.3) is 5.91 Å². The summed E-state index contributed by atoms with van der Waals surface area (Å²) in [6.07, 6.45) is 0. The minimum absolute atomic E-state index is 0.0256. The first-order valence-corrected chi connectivity index (χ1v) is 3.36. The van der Waals surface area contributed by atoms with E-state index in [9.17, 15) is 9.59 Å². The third-order valence-corrected chi connectivity index (χ3v) is 1.33. The number of nitrogens with zero attached hydrogens (tertiary/aromatic N) is 1. The van der Waals surface area contributed by atoms with Crippen molar-refractivity contribution in [2.45, 2.75) is 0 Å². The molecule has 0 atom stereocenters. The summed E-state index contributed by atoms with van der Waals surface area (Å²) in [5.74, 6) is 3.03. The van der Waals surface area contributed by atoms with Gasteiger partial charge in [-0.2, -0.15) is 0 Å². The molecule has 0 aromatic carbocycles. The summed E-state index contributed by atoms with van der Waals surface area (Å²) in [6.45, 7) is 0. The number of hydrogen-bond donors (Lipinski definition) is 3. The van der Waals surface area contributed by atoms with Gasteiger partial charge in [-0.3, -0.25) is 10.2 Å². The third kappa shape index (κ3) is 2.00. The first kappa shape index (κ1) is 9.14. The highest BCUT2D eigenvalue weighted by Crippen LogP contribution is 1.98. The van der Waals surface area contributed by atoms with Crippen molar-refractivity contribution in [3.8, 4) is 0 Å². The normalized spacial score (nSPS) is 9.31. The number of carbonyl (C=O) groups excluding carboxylic acids is 1. The number of nitrogens with one attached hydrogen (secondary N) is 1. The van der Waals surface area contributed by atoms with Gasteiger partial charge in [-0.25, -0.2) is 15.6 Å². The molecule has 6 nitrogen and oxygen atoms in total. The summed E-state index contributed by atoms with van der Waals surface area (Å²) < 4.78 is 0. The van der Waals surface area contributed by atoms with Gasteiger partial charge in [0.2, 0.25) is 0 Å². The number of rotatable bonds is 2. The Labute approximate surface area is 73.4 Å². The Kier molecular flexibility index (Phi) is 2.56. The van der Waals surface area contributed by atoms with Crippen molar-refractivity contribution in [2.24, 2.45) is 5.84 Å². The zero-order valence-electron chi connectivity index (χ0n) is 6.52. The summed E-state index contributed by atoms with van der Waals surface area (Å²) in [4.78, 5) is 24.9. The van der Waals surface area contributed by atoms with Crippen molar-refractivity contribution in [2.75, 3.05) is 0 Å². The molecule has 1 amide bonds. The number of aromatic carboxylic acids is 1. The number of carbonyl (C=O) groups is 2. The number of amides is 1. The molecule has 0 saturated heterocycles. The molecule has 0 fully saturated rings. The Morgan fingerprint density at radius 1 is 1.38 bits per heavy atom. The van der Waals surface area contributed by atoms with Crippen LogP contribution >= 0.6 is 0 Å². The van der Waals surface area contributed by atoms with Crippen molar-refractivity contribution < 1.29 is 14.7 Å². The number of carboxylic acids is 1. The molecule has 1 aromatic heterocycles. The second-order valence-electron chi connectivity index (χ2n) is 2.19. The number of hydrazine groups is 1. The second-order valence-corrected chi connectivity index (χ2v) is 2.19. The first-order valence-electron chi connectivity index (χ1n) is 3.36. The Hall–Kier alpha value is -1.95. The summed E-state index contributed by atoms with van der Waals surface area (Å²) >= 11 is 0. The number of nitrogen functional groups attached to an aromatic ring is 1. The molecule has 1 rings (SSSR count). The minimum Gasteiger partial charge on any atom is -0.477 e. The van der Waals surface area contributed by atoms with Crippen LogP contribution in [-0.4, -0.2) is 22.0 Å². The van der Waals surface area contributed by atoms with Crippen molar-refractivity contribution in [1.29, 1.82) is 0 Å². The zero-order valence-corrected chi connectivity index (χ0v) is 6.52. The van der Waals surface area contributed by atoms with E-state index in [1.807, 2.05) is 5.43 Å². The fourth-order valence-corrected chi connectivity index (χ4v) is 0.754. The van der Waals surface area contributed by atoms with E-state index in [0.29, 0.717) is 0 Å². The standard InChI is InChI=1S/C7H7N3O3/c8-10-6(11)4-2-1-3-5(9-4)7(12)13/h1-3H,8H2,(H,10,11)(H,12,13). The van der Waals surface area contributed by atoms with Gasteiger partial charge >= 0.3 is 5.97 Å². The Balaban J connectivity index is 3.05. The number of aromatic nitrogens is 1. The predicted octanol–water partition coefficient (Wildman–Crippen LogP) is -0.617. The highest BCUT2D eigenvalue weighted by atomic mass is 16.4. The Morgan fingerprint density at radius 3 is 2.54 bits per heavy atom. The smallest absolute Gasteiger partial charge is 0.354 e. The van der Waals surface area contributed by atoms with Crippen LogP contribution in [0.25, 0.3) is 0 Å². The topological polar surface area (TPSA) is 105 Å². The van der Waals surface area contributed by atoms with Crippen LogP contribution in [0.3, 0.4) is 0 Å². The van der Waals surface area contributed by atoms with E-state index in [1.54, 1.807) is 0 Å². The van der Waals surface area contributed by atoms with E-state index in [1.165, 1.54) is 18.2 Å². The quantitative estimate of drug-likeness (QED) is 0.320. The highest BCUT2D eigenvalue weighted by Gasteiger charge is 2.09. The third-order valence-electron chi connectivity index (χ3n) is 1.33. The second kappa shape index (κ2) is 3.63. The molecule has 0 aliphatic heterocycles. The lowest BCUT2D eigenvalue weighted by Crippen LogP contribution is -2.31. The van der Waals surface area contributed by atoms with Crippen molar-refractivity contribution >= 4 is 11.9 Å². The fraction of sp³-hybridized carbons (Fsp3) is 0. The fourth-order valence-electron chi connectivity index (χ4n) is 0.754. The Morgan fingerprint density at radius 2 is 2.00 bits per heavy atom. The molecule has 0 bridgehead atoms. The molecule has 6 heteroatoms. The zero-order chi connectivity index (χ0) is 9.84. The summed E-state index contributed by atoms with van der Waals surface area (Å²) in [6, 6.07) is 4.07. The largest absolute Gasteiger partial charge is 0.477 e. The van der Waals surface area contributed by atoms with Crippen LogP contribution in [-0.2, 0) is 0 Å². The van der Waals surface area contributed by atoms with Crippen LogP contribution in [0.5, 0.6) is 0 Å². The maximum atomic E-state index is 10.9. The van der Waals surface area contributed by atoms with Crippen LogP contribution in [0.1, 0.15) is 21.0 Å². The summed E-state index contributed by atoms with van der Waals surface area (Å²) in [5.41, 5.74) is 1.63. The van der Waals surface area contributed by atoms with Gasteiger partial charge in [0.1, 0.15) is 11.4 Å². The molecule has 4 N–H and O–H groups in total. The van der Waals surface area contributed by atoms with Crippen molar-refractivity contribution in [3.63, 3.8) is 0 Å². The SMILES string of the molecule is NNC(=O)c1cccc(C(=O)O)n1. The molecule has 1 heterocycles. The molecule has 1 aromatic rings. The molecular formula is C7H7N3O3. The maximum absolute atomic E-state index is 10.9. The van der Waals surface area contributed by atoms with E-state index in [-0.39, 0.29) is 11.4 Å². The maximum Gasteiger partial charge on any atom is 0.354 e. The average molecular weight is 181 g/mol. The molecule has 0 aliphatic carbocycles. The van der Waals surface area contributed by atoms with Crippen LogP contribution in [0.4, 0.5) is 0 Å². The molecule has 0 radical (unpaired) electrons. The van der Waals surface area contributed by atoms with Gasteiger partial charge in [-0.05, 0) is 12.1 Å². The number of nitrogens with two attached hydrogens (primary N) is 1. The molecule has 68 valence electrons. The van der Waals surface area contributed by atoms with Gasteiger partial charge in [-0.15, -0.1) is 0 Å². The highest BCUT2D eigenvalue weighted by molar-refractivity contribution is 5.93. The Bertz CT molecular complexity index is 351. The molecular weight excluding hydrogens is 174 g/mol. The van der Waals surface area contributed by atoms with Crippen LogP contribution < -0.4 is 11.3 Å². The van der Waals surface area contributed by atoms with E-state index in [0.717, 1.165) is 0 Å². The van der Waals surface area contributed by atoms with E-state index in [4.69, 9.17) is 10.9 Å². The van der Waals surface area contributed by atoms with Crippen LogP contribution in [0.15, 0.2) is 18.2 Å². The molecule has 0 aliphatic rings. The number of pyridine rings is 1. The first-order chi connectivity index (χ1) is 6.15. The van der Waals surface area contributed by atoms with E-state index >= 15 is 0 Å². The van der Waals surface area contributed by atoms with Crippen molar-refractivity contribution in [1.82, 2.24) is 10.4 Å². The van der Waals surface area contributed by atoms with Gasteiger partial charge in [-0.1, -0.05) is 6.07 Å². The minimum atomic E-state index is -1.19. The van der Waals surface area contributed by atoms with Gasteiger partial charge in [0, 0.05) is 0 Å². The van der Waals surface area contributed by atoms with Crippen LogP contribution in [0.2, 0.25) is 0 Å². The number of hydrogen-bond acceptors (Lipinski definition) is 4. The van der Waals surface area contributed by atoms with E-state index in [2.05, 4.69) is 4.98 Å². The molecule has 0 unspecified atom stereocenters. The average Bonchev–Trinajstić information content (AvgIpc) is 2.17. The summed E-state index contributed by atoms with van der Waals surface area (Å²) in [5, 5.41) is 8.54. The molecule has 13 heavy (non-hydrogen) atoms. The monoisotopic (exact) mass is 181 g/mol. The molecule has 0 saturated carbocycles. The van der Waals surface area contributed by atoms with Crippen molar-refractivity contribution in [3.05, 3.63) is 29.6 Å². The van der Waals surface area contributed by atoms with Gasteiger partial charge < -0.3 is 5.11 Å². The van der Waals surface area contributed by atoms with Gasteiger partial charge in [0.15, 0.2) is 0 Å². The summed E-state index contributed by atoms with van der Waals surface area (Å²) in [7, 11) is 0. The predicted molar refractivity (Wildman–Crippen MR) is 42.8 cm³/mol. The van der Waals surface area contributed by atoms with Crippen LogP contribution in [0, 0.1) is 0 Å². The lowest BCUT2D eigenvalue weighted by molar-refractivity contribution is 0.0690. The lowest BCUT2D eigenvalue weighted by atomic mass is 10.3. The molecule has 0 spiro atoms. The van der Waals surface area contributed by atoms with Gasteiger partial charge in [0.05, 0.1) is 0 Å². The number of carboxylic acid groups (broad SMARTS) is 1. The lowest BCUT2D eigenvalue weighted by Gasteiger charge is -1.98.